The van der Waals surface area contributed by atoms with E-state index in [0.717, 1.165) is 5.56 Å². The smallest absolute Gasteiger partial charge is 0.329 e. The molecule has 13 heteroatoms. The summed E-state index contributed by atoms with van der Waals surface area (Å²) in [4.78, 5) is 24.3. The Balaban J connectivity index is 1.43. The van der Waals surface area contributed by atoms with E-state index in [2.05, 4.69) is 15.8 Å². The first-order valence-electron chi connectivity index (χ1n) is 11.6. The second-order valence-electron chi connectivity index (χ2n) is 8.33. The average Bonchev–Trinajstić information content (AvgIpc) is 3.35. The molecule has 2 N–H and O–H groups in total. The number of nitrogens with one attached hydrogen (secondary N) is 2. The summed E-state index contributed by atoms with van der Waals surface area (Å²) in [6.45, 7) is 0.0174. The molecule has 2 amide bonds. The molecule has 4 rings (SSSR count). The molecule has 3 aromatic carbocycles. The van der Waals surface area contributed by atoms with Gasteiger partial charge in [-0.25, -0.2) is 13.8 Å². The second kappa shape index (κ2) is 13.1. The minimum atomic E-state index is -3.91. The first kappa shape index (κ1) is 29.3. The van der Waals surface area contributed by atoms with Gasteiger partial charge >= 0.3 is 11.8 Å². The van der Waals surface area contributed by atoms with Crippen molar-refractivity contribution in [2.24, 2.45) is 5.10 Å². The molecule has 0 radical (unpaired) electrons. The van der Waals surface area contributed by atoms with Crippen LogP contribution >= 0.6 is 34.8 Å². The molecule has 206 valence electrons. The van der Waals surface area contributed by atoms with Gasteiger partial charge in [-0.05, 0) is 60.2 Å². The highest BCUT2D eigenvalue weighted by Crippen LogP contribution is 2.24. The van der Waals surface area contributed by atoms with Gasteiger partial charge in [-0.2, -0.15) is 9.41 Å². The number of nitrogens with zero attached hydrogens (tertiary/aromatic N) is 2. The standard InChI is InChI=1S/C27H21Cl3N4O5S/c28-19-6-10-25(11-7-19)40(37,38)34(16-18-4-2-1-3-5-18)17-24-9-8-23(39-24)15-31-33-27(36)26(35)32-22-13-20(29)12-21(30)14-22/h1-15H,16-17H2,(H,32,35)(H,33,36)/b31-15+. The Hall–Kier alpha value is -3.67. The lowest BCUT2D eigenvalue weighted by atomic mass is 10.2. The van der Waals surface area contributed by atoms with Crippen molar-refractivity contribution in [1.29, 1.82) is 0 Å². The van der Waals surface area contributed by atoms with Crippen LogP contribution in [0.5, 0.6) is 0 Å². The molecular weight excluding hydrogens is 599 g/mol. The lowest BCUT2D eigenvalue weighted by molar-refractivity contribution is -0.136. The Morgan fingerprint density at radius 1 is 0.825 bits per heavy atom. The van der Waals surface area contributed by atoms with Crippen molar-refractivity contribution in [2.75, 3.05) is 5.32 Å². The van der Waals surface area contributed by atoms with Gasteiger partial charge in [0.1, 0.15) is 11.5 Å². The van der Waals surface area contributed by atoms with Crippen molar-refractivity contribution in [2.45, 2.75) is 18.0 Å². The van der Waals surface area contributed by atoms with E-state index in [1.54, 1.807) is 12.1 Å². The Morgan fingerprint density at radius 2 is 1.50 bits per heavy atom. The Morgan fingerprint density at radius 3 is 2.17 bits per heavy atom. The van der Waals surface area contributed by atoms with Crippen LogP contribution in [0.3, 0.4) is 0 Å². The maximum absolute atomic E-state index is 13.5. The number of sulfonamides is 1. The van der Waals surface area contributed by atoms with Gasteiger partial charge in [-0.15, -0.1) is 0 Å². The van der Waals surface area contributed by atoms with Crippen LogP contribution in [0.25, 0.3) is 0 Å². The normalized spacial score (nSPS) is 11.6. The molecule has 40 heavy (non-hydrogen) atoms. The number of benzene rings is 3. The van der Waals surface area contributed by atoms with Crippen molar-refractivity contribution in [3.8, 4) is 0 Å². The highest BCUT2D eigenvalue weighted by atomic mass is 35.5. The van der Waals surface area contributed by atoms with Gasteiger partial charge in [0.15, 0.2) is 0 Å². The molecule has 9 nitrogen and oxygen atoms in total. The van der Waals surface area contributed by atoms with Crippen LogP contribution in [0.1, 0.15) is 17.1 Å². The zero-order valence-corrected chi connectivity index (χ0v) is 23.6. The summed E-state index contributed by atoms with van der Waals surface area (Å²) < 4.78 is 33.9. The minimum Gasteiger partial charge on any atom is -0.459 e. The predicted octanol–water partition coefficient (Wildman–Crippen LogP) is 5.72. The topological polar surface area (TPSA) is 121 Å². The molecule has 4 aromatic rings. The lowest BCUT2D eigenvalue weighted by Gasteiger charge is -2.21. The molecule has 1 aromatic heterocycles. The van der Waals surface area contributed by atoms with Crippen LogP contribution in [0.15, 0.2) is 99.3 Å². The maximum atomic E-state index is 13.5. The summed E-state index contributed by atoms with van der Waals surface area (Å²) >= 11 is 17.7. The zero-order chi connectivity index (χ0) is 28.7. The number of anilines is 1. The number of hydrogen-bond donors (Lipinski definition) is 2. The van der Waals surface area contributed by atoms with Gasteiger partial charge in [-0.1, -0.05) is 65.1 Å². The van der Waals surface area contributed by atoms with Crippen molar-refractivity contribution < 1.29 is 22.4 Å². The average molecular weight is 620 g/mol. The number of hydrazone groups is 1. The molecule has 0 spiro atoms. The zero-order valence-electron chi connectivity index (χ0n) is 20.6. The van der Waals surface area contributed by atoms with Gasteiger partial charge in [0, 0.05) is 27.3 Å². The van der Waals surface area contributed by atoms with Gasteiger partial charge in [0.05, 0.1) is 17.7 Å². The van der Waals surface area contributed by atoms with Crippen LogP contribution in [-0.2, 0) is 32.7 Å². The summed E-state index contributed by atoms with van der Waals surface area (Å²) in [7, 11) is -3.91. The minimum absolute atomic E-state index is 0.0787. The molecule has 0 saturated carbocycles. The van der Waals surface area contributed by atoms with Gasteiger partial charge < -0.3 is 9.73 Å². The summed E-state index contributed by atoms with van der Waals surface area (Å²) in [5.41, 5.74) is 3.12. The molecule has 0 aliphatic rings. The molecule has 0 unspecified atom stereocenters. The summed E-state index contributed by atoms with van der Waals surface area (Å²) in [5, 5.41) is 7.09. The van der Waals surface area contributed by atoms with Crippen LogP contribution in [0.4, 0.5) is 5.69 Å². The van der Waals surface area contributed by atoms with E-state index in [9.17, 15) is 18.0 Å². The van der Waals surface area contributed by atoms with Crippen LogP contribution in [-0.4, -0.2) is 30.8 Å². The molecule has 0 fully saturated rings. The van der Waals surface area contributed by atoms with E-state index in [4.69, 9.17) is 39.2 Å². The molecule has 0 bridgehead atoms. The van der Waals surface area contributed by atoms with Gasteiger partial charge in [0.2, 0.25) is 10.0 Å². The molecular formula is C27H21Cl3N4O5S. The maximum Gasteiger partial charge on any atom is 0.329 e. The van der Waals surface area contributed by atoms with Crippen LogP contribution < -0.4 is 10.7 Å². The van der Waals surface area contributed by atoms with Crippen molar-refractivity contribution in [3.05, 3.63) is 117 Å². The molecule has 1 heterocycles. The molecule has 0 atom stereocenters. The number of hydrogen-bond acceptors (Lipinski definition) is 6. The van der Waals surface area contributed by atoms with E-state index >= 15 is 0 Å². The molecule has 0 aliphatic heterocycles. The predicted molar refractivity (Wildman–Crippen MR) is 154 cm³/mol. The number of carbonyl (C=O) groups is 2. The van der Waals surface area contributed by atoms with E-state index in [0.29, 0.717) is 10.8 Å². The summed E-state index contributed by atoms with van der Waals surface area (Å²) in [5.74, 6) is -1.47. The van der Waals surface area contributed by atoms with Gasteiger partial charge in [-0.3, -0.25) is 9.59 Å². The third-order valence-corrected chi connectivity index (χ3v) is 7.85. The van der Waals surface area contributed by atoms with Crippen LogP contribution in [0, 0.1) is 0 Å². The Labute approximate surface area is 245 Å². The fourth-order valence-electron chi connectivity index (χ4n) is 3.51. The first-order valence-corrected chi connectivity index (χ1v) is 14.2. The number of rotatable bonds is 9. The summed E-state index contributed by atoms with van der Waals surface area (Å²) in [6.07, 6.45) is 1.18. The van der Waals surface area contributed by atoms with Gasteiger partial charge in [0.25, 0.3) is 0 Å². The highest BCUT2D eigenvalue weighted by Gasteiger charge is 2.26. The number of carbonyl (C=O) groups excluding carboxylic acids is 2. The number of furan rings is 1. The van der Waals surface area contributed by atoms with E-state index in [1.807, 2.05) is 30.3 Å². The quantitative estimate of drug-likeness (QED) is 0.141. The first-order chi connectivity index (χ1) is 19.1. The Bertz CT molecular complexity index is 1620. The largest absolute Gasteiger partial charge is 0.459 e. The fourth-order valence-corrected chi connectivity index (χ4v) is 5.56. The lowest BCUT2D eigenvalue weighted by Crippen LogP contribution is -2.32. The second-order valence-corrected chi connectivity index (χ2v) is 11.6. The van der Waals surface area contributed by atoms with E-state index in [-0.39, 0.29) is 39.5 Å². The molecule has 0 saturated heterocycles. The number of amides is 2. The van der Waals surface area contributed by atoms with Crippen LogP contribution in [0.2, 0.25) is 15.1 Å². The highest BCUT2D eigenvalue weighted by molar-refractivity contribution is 7.89. The van der Waals surface area contributed by atoms with E-state index < -0.39 is 21.8 Å². The third kappa shape index (κ3) is 7.93. The van der Waals surface area contributed by atoms with E-state index in [1.165, 1.54) is 53.0 Å². The Kier molecular flexibility index (Phi) is 9.62. The molecule has 0 aliphatic carbocycles. The SMILES string of the molecule is O=C(N/N=C/c1ccc(CN(Cc2ccccc2)S(=O)(=O)c2ccc(Cl)cc2)o1)C(=O)Nc1cc(Cl)cc(Cl)c1. The van der Waals surface area contributed by atoms with Crippen molar-refractivity contribution in [3.63, 3.8) is 0 Å². The van der Waals surface area contributed by atoms with Crippen molar-refractivity contribution >= 4 is 68.5 Å². The summed E-state index contributed by atoms with van der Waals surface area (Å²) in [6, 6.07) is 22.5. The monoisotopic (exact) mass is 618 g/mol. The fraction of sp³-hybridized carbons (Fsp3) is 0.0741. The number of halogens is 3. The third-order valence-electron chi connectivity index (χ3n) is 5.35. The van der Waals surface area contributed by atoms with Crippen molar-refractivity contribution in [1.82, 2.24) is 9.73 Å².